The molecule has 3 rings (SSSR count). The third-order valence-corrected chi connectivity index (χ3v) is 7.68. The summed E-state index contributed by atoms with van der Waals surface area (Å²) in [5, 5.41) is 0.607. The van der Waals surface area contributed by atoms with Gasteiger partial charge in [-0.2, -0.15) is 21.6 Å². The summed E-state index contributed by atoms with van der Waals surface area (Å²) in [4.78, 5) is 23.0. The molecule has 0 radical (unpaired) electrons. The van der Waals surface area contributed by atoms with Crippen LogP contribution in [0.1, 0.15) is 6.42 Å². The Bertz CT molecular complexity index is 706. The zero-order valence-electron chi connectivity index (χ0n) is 11.9. The number of fused-ring (bicyclic) bond motifs is 1. The molecule has 3 fully saturated rings. The van der Waals surface area contributed by atoms with Gasteiger partial charge in [0.05, 0.1) is 5.25 Å². The molecule has 134 valence electrons. The maximum atomic E-state index is 12.3. The van der Waals surface area contributed by atoms with Crippen LogP contribution < -0.4 is 5.32 Å². The number of nitrogens with one attached hydrogen (secondary N) is 1. The number of thioether (sulfide) groups is 1. The first-order chi connectivity index (χ1) is 11.0. The summed E-state index contributed by atoms with van der Waals surface area (Å²) in [6.45, 7) is 1.82. The second-order valence-electron chi connectivity index (χ2n) is 5.58. The van der Waals surface area contributed by atoms with E-state index in [1.165, 1.54) is 11.8 Å². The van der Waals surface area contributed by atoms with Gasteiger partial charge in [-0.05, 0) is 6.42 Å². The van der Waals surface area contributed by atoms with Crippen molar-refractivity contribution >= 4 is 33.8 Å². The third-order valence-electron chi connectivity index (χ3n) is 4.07. The Labute approximate surface area is 139 Å². The van der Waals surface area contributed by atoms with E-state index >= 15 is 0 Å². The van der Waals surface area contributed by atoms with Gasteiger partial charge in [0.25, 0.3) is 16.0 Å². The fourth-order valence-electron chi connectivity index (χ4n) is 2.95. The van der Waals surface area contributed by atoms with Crippen molar-refractivity contribution in [1.29, 1.82) is 0 Å². The highest BCUT2D eigenvalue weighted by molar-refractivity contribution is 8.03. The molecule has 1 N–H and O–H groups in total. The van der Waals surface area contributed by atoms with Crippen LogP contribution >= 0.6 is 11.8 Å². The molecule has 24 heavy (non-hydrogen) atoms. The maximum Gasteiger partial charge on any atom is 0.421 e. The van der Waals surface area contributed by atoms with Crippen LogP contribution in [0.4, 0.5) is 13.2 Å². The largest absolute Gasteiger partial charge is 0.457 e. The van der Waals surface area contributed by atoms with Crippen molar-refractivity contribution in [2.45, 2.75) is 40.6 Å². The molecule has 7 nitrogen and oxygen atoms in total. The van der Waals surface area contributed by atoms with E-state index in [1.807, 2.05) is 0 Å². The van der Waals surface area contributed by atoms with Crippen LogP contribution in [-0.4, -0.2) is 61.0 Å². The van der Waals surface area contributed by atoms with Gasteiger partial charge in [0.15, 0.2) is 0 Å². The number of amides is 1. The second kappa shape index (κ2) is 5.63. The summed E-state index contributed by atoms with van der Waals surface area (Å²) in [6.07, 6.45) is -6.18. The van der Waals surface area contributed by atoms with Gasteiger partial charge in [-0.25, -0.2) is 0 Å². The molecule has 0 saturated carbocycles. The Morgan fingerprint density at radius 2 is 2.04 bits per heavy atom. The highest BCUT2D eigenvalue weighted by Gasteiger charge is 2.66. The average molecular weight is 387 g/mol. The lowest BCUT2D eigenvalue weighted by molar-refractivity contribution is -0.153. The zero-order chi connectivity index (χ0) is 17.9. The number of ether oxygens (including phenoxy) is 1. The minimum absolute atomic E-state index is 0.243. The maximum absolute atomic E-state index is 12.3. The number of halogens is 3. The number of carbonyl (C=O) groups excluding carboxylic acids is 2. The highest BCUT2D eigenvalue weighted by Crippen LogP contribution is 2.55. The average Bonchev–Trinajstić information content (AvgIpc) is 3.07. The monoisotopic (exact) mass is 387 g/mol. The van der Waals surface area contributed by atoms with E-state index in [2.05, 4.69) is 6.58 Å². The standard InChI is InChI=1S/C12H12F3NO6S2/c1-4(12(13,14)15)11(18)16-3-7(17)21-8-5-2-6-10(23-5)9(8)22-24(6,19)20/h5-6,8-10H,1-3H2,(H,16,18). The SMILES string of the molecule is C=C(C(=O)NCC(=O)OC1C2CC3C(S2)C1OS3(=O)=O)C(F)(F)F. The van der Waals surface area contributed by atoms with Gasteiger partial charge in [-0.3, -0.25) is 13.8 Å². The summed E-state index contributed by atoms with van der Waals surface area (Å²) < 4.78 is 70.4. The lowest BCUT2D eigenvalue weighted by atomic mass is 9.94. The summed E-state index contributed by atoms with van der Waals surface area (Å²) >= 11 is 1.36. The predicted molar refractivity (Wildman–Crippen MR) is 75.4 cm³/mol. The first kappa shape index (κ1) is 17.5. The van der Waals surface area contributed by atoms with Gasteiger partial charge in [0.1, 0.15) is 29.6 Å². The van der Waals surface area contributed by atoms with Crippen LogP contribution in [0.3, 0.4) is 0 Å². The zero-order valence-corrected chi connectivity index (χ0v) is 13.5. The topological polar surface area (TPSA) is 98.8 Å². The van der Waals surface area contributed by atoms with Gasteiger partial charge >= 0.3 is 12.1 Å². The number of rotatable bonds is 4. The van der Waals surface area contributed by atoms with Crippen LogP contribution in [0.2, 0.25) is 0 Å². The number of esters is 1. The van der Waals surface area contributed by atoms with E-state index in [1.54, 1.807) is 5.32 Å². The molecule has 3 heterocycles. The van der Waals surface area contributed by atoms with Crippen LogP contribution in [-0.2, 0) is 28.6 Å². The fraction of sp³-hybridized carbons (Fsp3) is 0.667. The van der Waals surface area contributed by atoms with Crippen molar-refractivity contribution in [2.24, 2.45) is 0 Å². The first-order valence-corrected chi connectivity index (χ1v) is 9.23. The Morgan fingerprint density at radius 1 is 1.38 bits per heavy atom. The van der Waals surface area contributed by atoms with Crippen molar-refractivity contribution in [3.63, 3.8) is 0 Å². The van der Waals surface area contributed by atoms with Crippen molar-refractivity contribution in [2.75, 3.05) is 6.54 Å². The first-order valence-electron chi connectivity index (χ1n) is 6.82. The summed E-state index contributed by atoms with van der Waals surface area (Å²) in [6, 6.07) is 0. The van der Waals surface area contributed by atoms with Gasteiger partial charge in [0.2, 0.25) is 0 Å². The van der Waals surface area contributed by atoms with Gasteiger partial charge in [-0.15, -0.1) is 11.8 Å². The number of hydrogen-bond acceptors (Lipinski definition) is 7. The van der Waals surface area contributed by atoms with E-state index < -0.39 is 57.7 Å². The van der Waals surface area contributed by atoms with E-state index in [9.17, 15) is 31.2 Å². The summed E-state index contributed by atoms with van der Waals surface area (Å²) in [7, 11) is -3.67. The molecule has 12 heteroatoms. The van der Waals surface area contributed by atoms with Crippen LogP contribution in [0, 0.1) is 0 Å². The molecule has 5 atom stereocenters. The smallest absolute Gasteiger partial charge is 0.421 e. The molecule has 5 unspecified atom stereocenters. The van der Waals surface area contributed by atoms with Crippen LogP contribution in [0.5, 0.6) is 0 Å². The molecular weight excluding hydrogens is 375 g/mol. The van der Waals surface area contributed by atoms with Crippen LogP contribution in [0.15, 0.2) is 12.2 Å². The molecule has 0 aliphatic carbocycles. The molecule has 0 aromatic heterocycles. The number of alkyl halides is 3. The minimum Gasteiger partial charge on any atom is -0.457 e. The van der Waals surface area contributed by atoms with E-state index in [0.29, 0.717) is 6.42 Å². The predicted octanol–water partition coefficient (Wildman–Crippen LogP) is 0.118. The quantitative estimate of drug-likeness (QED) is 0.416. The number of carbonyl (C=O) groups is 2. The molecular formula is C12H12F3NO6S2. The summed E-state index contributed by atoms with van der Waals surface area (Å²) in [5.41, 5.74) is -1.63. The van der Waals surface area contributed by atoms with E-state index in [4.69, 9.17) is 8.92 Å². The van der Waals surface area contributed by atoms with Crippen molar-refractivity contribution in [3.05, 3.63) is 12.2 Å². The van der Waals surface area contributed by atoms with Crippen molar-refractivity contribution in [1.82, 2.24) is 5.32 Å². The molecule has 0 spiro atoms. The minimum atomic E-state index is -4.89. The van der Waals surface area contributed by atoms with Crippen LogP contribution in [0.25, 0.3) is 0 Å². The number of hydrogen-bond donors (Lipinski definition) is 1. The highest BCUT2D eigenvalue weighted by atomic mass is 32.2. The van der Waals surface area contributed by atoms with E-state index in [-0.39, 0.29) is 10.5 Å². The molecule has 1 amide bonds. The molecule has 2 bridgehead atoms. The molecule has 3 aliphatic rings. The molecule has 0 aromatic rings. The molecule has 3 saturated heterocycles. The van der Waals surface area contributed by atoms with Crippen molar-refractivity contribution in [3.8, 4) is 0 Å². The van der Waals surface area contributed by atoms with E-state index in [0.717, 1.165) is 0 Å². The van der Waals surface area contributed by atoms with Gasteiger partial charge in [0, 0.05) is 5.25 Å². The second-order valence-corrected chi connectivity index (χ2v) is 8.79. The van der Waals surface area contributed by atoms with Gasteiger partial charge < -0.3 is 10.1 Å². The summed E-state index contributed by atoms with van der Waals surface area (Å²) in [5.74, 6) is -2.50. The third kappa shape index (κ3) is 2.90. The lowest BCUT2D eigenvalue weighted by Crippen LogP contribution is -2.43. The van der Waals surface area contributed by atoms with Crippen molar-refractivity contribution < 1.29 is 40.1 Å². The fourth-order valence-corrected chi connectivity index (χ4v) is 7.09. The van der Waals surface area contributed by atoms with Gasteiger partial charge in [-0.1, -0.05) is 6.58 Å². The lowest BCUT2D eigenvalue weighted by Gasteiger charge is -2.23. The normalized spacial score (nSPS) is 35.7. The Balaban J connectivity index is 1.54. The molecule has 3 aliphatic heterocycles. The Morgan fingerprint density at radius 3 is 2.67 bits per heavy atom. The molecule has 0 aromatic carbocycles. The Kier molecular flexibility index (Phi) is 4.12. The Hall–Kier alpha value is -1.27.